The Bertz CT molecular complexity index is 95.2. The highest BCUT2D eigenvalue weighted by Crippen LogP contribution is 2.04. The molecule has 0 aromatic heterocycles. The first-order valence-electron chi connectivity index (χ1n) is 3.63. The number of hydrogen-bond donors (Lipinski definition) is 0. The minimum Gasteiger partial charge on any atom is -0.0882 e. The monoisotopic (exact) mass is 121 g/mol. The molecule has 0 heterocycles. The molecule has 0 spiro atoms. The predicted molar refractivity (Wildman–Crippen MR) is 41.0 cm³/mol. The third-order valence-electron chi connectivity index (χ3n) is 1.45. The summed E-state index contributed by atoms with van der Waals surface area (Å²) in [6, 6.07) is 0. The van der Waals surface area contributed by atoms with Gasteiger partial charge in [-0.25, -0.2) is 0 Å². The van der Waals surface area contributed by atoms with Crippen LogP contribution >= 0.6 is 0 Å². The van der Waals surface area contributed by atoms with Gasteiger partial charge in [0.2, 0.25) is 0 Å². The molecule has 0 aromatic carbocycles. The van der Waals surface area contributed by atoms with Gasteiger partial charge in [0.05, 0.1) is 0 Å². The molecule has 49 valence electrons. The Balaban J connectivity index is 2.28. The van der Waals surface area contributed by atoms with Gasteiger partial charge in [-0.1, -0.05) is 24.3 Å². The van der Waals surface area contributed by atoms with Gasteiger partial charge in [0.1, 0.15) is 0 Å². The molecule has 0 amide bonds. The number of allylic oxidation sites excluding steroid dienone is 4. The second-order valence-corrected chi connectivity index (χ2v) is 2.30. The van der Waals surface area contributed by atoms with E-state index >= 15 is 0 Å². The first kappa shape index (κ1) is 6.60. The molecular formula is C9H13. The first-order chi connectivity index (χ1) is 4.50. The molecule has 0 bridgehead atoms. The largest absolute Gasteiger partial charge is 0.0882 e. The number of hydrogen-bond acceptors (Lipinski definition) is 0. The van der Waals surface area contributed by atoms with Crippen LogP contribution in [0, 0.1) is 6.42 Å². The topological polar surface area (TPSA) is 0 Å². The third kappa shape index (κ3) is 3.12. The standard InChI is InChI=1S/C9H13/c1-2-4-6-8-9-7-5-3-1/h1-3,6,8H,4-5,7,9H2/b2-1-,8-6-. The van der Waals surface area contributed by atoms with E-state index < -0.39 is 0 Å². The average Bonchev–Trinajstić information content (AvgIpc) is 2.00. The van der Waals surface area contributed by atoms with Crippen molar-refractivity contribution in [1.29, 1.82) is 0 Å². The van der Waals surface area contributed by atoms with Crippen molar-refractivity contribution in [1.82, 2.24) is 0 Å². The van der Waals surface area contributed by atoms with Crippen molar-refractivity contribution >= 4 is 0 Å². The highest BCUT2D eigenvalue weighted by atomic mass is 13.9. The molecule has 1 aliphatic carbocycles. The molecule has 1 rings (SSSR count). The fraction of sp³-hybridized carbons (Fsp3) is 0.444. The van der Waals surface area contributed by atoms with Crippen molar-refractivity contribution in [2.45, 2.75) is 25.7 Å². The summed E-state index contributed by atoms with van der Waals surface area (Å²) in [5.74, 6) is 0. The van der Waals surface area contributed by atoms with Gasteiger partial charge in [-0.2, -0.15) is 0 Å². The molecule has 0 aliphatic heterocycles. The lowest BCUT2D eigenvalue weighted by Gasteiger charge is -1.88. The Morgan fingerprint density at radius 1 is 0.889 bits per heavy atom. The summed E-state index contributed by atoms with van der Waals surface area (Å²) in [7, 11) is 0. The maximum Gasteiger partial charge on any atom is -0.0169 e. The van der Waals surface area contributed by atoms with Crippen LogP contribution in [0.15, 0.2) is 24.3 Å². The smallest absolute Gasteiger partial charge is 0.0169 e. The van der Waals surface area contributed by atoms with Gasteiger partial charge in [0.15, 0.2) is 0 Å². The van der Waals surface area contributed by atoms with Gasteiger partial charge >= 0.3 is 0 Å². The minimum absolute atomic E-state index is 1.11. The van der Waals surface area contributed by atoms with E-state index in [1.807, 2.05) is 0 Å². The van der Waals surface area contributed by atoms with Crippen molar-refractivity contribution in [2.24, 2.45) is 0 Å². The fourth-order valence-corrected chi connectivity index (χ4v) is 0.917. The van der Waals surface area contributed by atoms with E-state index in [9.17, 15) is 0 Å². The summed E-state index contributed by atoms with van der Waals surface area (Å²) >= 11 is 0. The zero-order valence-corrected chi connectivity index (χ0v) is 5.72. The lowest BCUT2D eigenvalue weighted by atomic mass is 10.2. The molecule has 0 aromatic rings. The highest BCUT2D eigenvalue weighted by Gasteiger charge is 1.85. The van der Waals surface area contributed by atoms with Crippen LogP contribution in [0.3, 0.4) is 0 Å². The van der Waals surface area contributed by atoms with E-state index in [0.29, 0.717) is 0 Å². The summed E-state index contributed by atoms with van der Waals surface area (Å²) < 4.78 is 0. The summed E-state index contributed by atoms with van der Waals surface area (Å²) in [5, 5.41) is 0. The Hall–Kier alpha value is -0.520. The number of rotatable bonds is 0. The van der Waals surface area contributed by atoms with Gasteiger partial charge in [-0.3, -0.25) is 0 Å². The zero-order chi connectivity index (χ0) is 6.36. The molecule has 0 nitrogen and oxygen atoms in total. The molecule has 0 heteroatoms. The van der Waals surface area contributed by atoms with Gasteiger partial charge in [0, 0.05) is 0 Å². The van der Waals surface area contributed by atoms with Gasteiger partial charge < -0.3 is 0 Å². The molecule has 1 radical (unpaired) electrons. The van der Waals surface area contributed by atoms with E-state index in [1.165, 1.54) is 19.3 Å². The Morgan fingerprint density at radius 2 is 1.89 bits per heavy atom. The summed E-state index contributed by atoms with van der Waals surface area (Å²) in [5.41, 5.74) is 0. The summed E-state index contributed by atoms with van der Waals surface area (Å²) in [6.07, 6.45) is 16.0. The van der Waals surface area contributed by atoms with Gasteiger partial charge in [-0.15, -0.1) is 0 Å². The van der Waals surface area contributed by atoms with Crippen LogP contribution in [0.2, 0.25) is 0 Å². The Kier molecular flexibility index (Phi) is 3.20. The van der Waals surface area contributed by atoms with E-state index in [2.05, 4.69) is 30.7 Å². The van der Waals surface area contributed by atoms with Crippen molar-refractivity contribution in [3.63, 3.8) is 0 Å². The van der Waals surface area contributed by atoms with Crippen LogP contribution in [0.1, 0.15) is 25.7 Å². The van der Waals surface area contributed by atoms with Crippen LogP contribution in [0.25, 0.3) is 0 Å². The van der Waals surface area contributed by atoms with E-state index in [4.69, 9.17) is 0 Å². The van der Waals surface area contributed by atoms with Gasteiger partial charge in [0.25, 0.3) is 0 Å². The predicted octanol–water partition coefficient (Wildman–Crippen LogP) is 2.88. The van der Waals surface area contributed by atoms with Crippen LogP contribution in [0.4, 0.5) is 0 Å². The molecule has 0 saturated carbocycles. The van der Waals surface area contributed by atoms with Crippen molar-refractivity contribution in [3.8, 4) is 0 Å². The maximum atomic E-state index is 2.27. The second-order valence-electron chi connectivity index (χ2n) is 2.30. The molecule has 0 saturated heterocycles. The van der Waals surface area contributed by atoms with Crippen LogP contribution < -0.4 is 0 Å². The second kappa shape index (κ2) is 4.37. The molecule has 9 heavy (non-hydrogen) atoms. The lowest BCUT2D eigenvalue weighted by molar-refractivity contribution is 0.844. The molecule has 0 fully saturated rings. The summed E-state index contributed by atoms with van der Waals surface area (Å²) in [6.45, 7) is 0. The quantitative estimate of drug-likeness (QED) is 0.432. The van der Waals surface area contributed by atoms with Crippen molar-refractivity contribution in [2.75, 3.05) is 0 Å². The van der Waals surface area contributed by atoms with Gasteiger partial charge in [-0.05, 0) is 32.1 Å². The SMILES string of the molecule is [CH]1/C=C\C/C=C\CCC1. The van der Waals surface area contributed by atoms with Crippen LogP contribution in [0.5, 0.6) is 0 Å². The normalized spacial score (nSPS) is 27.6. The minimum atomic E-state index is 1.11. The fourth-order valence-electron chi connectivity index (χ4n) is 0.917. The molecule has 0 atom stereocenters. The Morgan fingerprint density at radius 3 is 2.89 bits per heavy atom. The average molecular weight is 121 g/mol. The molecular weight excluding hydrogens is 108 g/mol. The molecule has 0 unspecified atom stereocenters. The first-order valence-corrected chi connectivity index (χ1v) is 3.63. The van der Waals surface area contributed by atoms with E-state index in [-0.39, 0.29) is 0 Å². The van der Waals surface area contributed by atoms with Crippen LogP contribution in [-0.4, -0.2) is 0 Å². The zero-order valence-electron chi connectivity index (χ0n) is 5.72. The van der Waals surface area contributed by atoms with E-state index in [1.54, 1.807) is 0 Å². The van der Waals surface area contributed by atoms with Crippen LogP contribution in [-0.2, 0) is 0 Å². The molecule has 1 aliphatic rings. The maximum absolute atomic E-state index is 2.27. The molecule has 0 N–H and O–H groups in total. The lowest BCUT2D eigenvalue weighted by Crippen LogP contribution is -1.70. The van der Waals surface area contributed by atoms with Crippen molar-refractivity contribution in [3.05, 3.63) is 30.7 Å². The third-order valence-corrected chi connectivity index (χ3v) is 1.45. The Labute approximate surface area is 57.3 Å². The summed E-state index contributed by atoms with van der Waals surface area (Å²) in [4.78, 5) is 0. The van der Waals surface area contributed by atoms with Crippen molar-refractivity contribution < 1.29 is 0 Å². The highest BCUT2D eigenvalue weighted by molar-refractivity contribution is 5.01. The van der Waals surface area contributed by atoms with E-state index in [0.717, 1.165) is 6.42 Å².